The maximum Gasteiger partial charge on any atom is 0.270 e. The Kier molecular flexibility index (Phi) is 6.53. The summed E-state index contributed by atoms with van der Waals surface area (Å²) in [4.78, 5) is 41.2. The van der Waals surface area contributed by atoms with Gasteiger partial charge in [-0.15, -0.1) is 0 Å². The number of carbonyl (C=O) groups excluding carboxylic acids is 2. The second-order valence-electron chi connectivity index (χ2n) is 10.2. The fourth-order valence-corrected chi connectivity index (χ4v) is 5.04. The average molecular weight is 553 g/mol. The molecular formula is C31H26F2N6O2. The van der Waals surface area contributed by atoms with Crippen LogP contribution in [0.1, 0.15) is 40.5 Å². The van der Waals surface area contributed by atoms with Crippen LogP contribution in [0.15, 0.2) is 94.6 Å². The van der Waals surface area contributed by atoms with Crippen molar-refractivity contribution in [3.63, 3.8) is 0 Å². The molecule has 41 heavy (non-hydrogen) atoms. The van der Waals surface area contributed by atoms with Gasteiger partial charge in [0.15, 0.2) is 0 Å². The number of amides is 2. The Hall–Kier alpha value is -4.99. The molecule has 10 heteroatoms. The van der Waals surface area contributed by atoms with E-state index in [0.717, 1.165) is 29.5 Å². The van der Waals surface area contributed by atoms with Crippen molar-refractivity contribution in [2.45, 2.75) is 32.6 Å². The first-order valence-electron chi connectivity index (χ1n) is 13.1. The molecule has 3 aliphatic rings. The van der Waals surface area contributed by atoms with Gasteiger partial charge in [-0.2, -0.15) is 0 Å². The predicted molar refractivity (Wildman–Crippen MR) is 154 cm³/mol. The van der Waals surface area contributed by atoms with Gasteiger partial charge in [-0.3, -0.25) is 19.6 Å². The van der Waals surface area contributed by atoms with Crippen LogP contribution in [0.2, 0.25) is 0 Å². The highest BCUT2D eigenvalue weighted by molar-refractivity contribution is 6.39. The van der Waals surface area contributed by atoms with Crippen LogP contribution in [0.3, 0.4) is 0 Å². The van der Waals surface area contributed by atoms with Crippen molar-refractivity contribution in [3.8, 4) is 5.69 Å². The smallest absolute Gasteiger partial charge is 0.270 e. The van der Waals surface area contributed by atoms with Crippen molar-refractivity contribution in [3.05, 3.63) is 107 Å². The molecule has 0 spiro atoms. The number of alkyl halides is 2. The molecule has 0 saturated heterocycles. The first-order valence-corrected chi connectivity index (χ1v) is 13.1. The number of fused-ring (bicyclic) bond motifs is 2. The normalized spacial score (nSPS) is 15.9. The number of aliphatic imine (C=N–C) groups is 2. The Morgan fingerprint density at radius 1 is 1.12 bits per heavy atom. The first-order chi connectivity index (χ1) is 19.7. The van der Waals surface area contributed by atoms with E-state index < -0.39 is 11.8 Å². The number of carbonyl (C=O) groups is 2. The summed E-state index contributed by atoms with van der Waals surface area (Å²) in [5.41, 5.74) is 5.25. The van der Waals surface area contributed by atoms with Gasteiger partial charge in [0.1, 0.15) is 0 Å². The van der Waals surface area contributed by atoms with E-state index in [9.17, 15) is 18.4 Å². The number of imidazole rings is 1. The molecule has 0 atom stereocenters. The van der Waals surface area contributed by atoms with Crippen LogP contribution in [0.25, 0.3) is 5.69 Å². The number of nitrogens with zero attached hydrogens (tertiary/aromatic N) is 5. The highest BCUT2D eigenvalue weighted by Crippen LogP contribution is 2.34. The Morgan fingerprint density at radius 2 is 1.98 bits per heavy atom. The molecule has 2 aromatic carbocycles. The SMILES string of the molecule is Cc1cn(-c2cc(C(=O)Nc3ccc4c(c3)N(C(=O)C3=CN=C5C=NC=CC=C5C3)CC4)cc(C(C)(F)F)c2)cn1. The summed E-state index contributed by atoms with van der Waals surface area (Å²) >= 11 is 0. The lowest BCUT2D eigenvalue weighted by Gasteiger charge is -2.22. The Balaban J connectivity index is 1.26. The van der Waals surface area contributed by atoms with E-state index in [1.165, 1.54) is 18.5 Å². The zero-order valence-electron chi connectivity index (χ0n) is 22.4. The molecule has 206 valence electrons. The molecule has 0 radical (unpaired) electrons. The number of aromatic nitrogens is 2. The third-order valence-electron chi connectivity index (χ3n) is 7.19. The lowest BCUT2D eigenvalue weighted by molar-refractivity contribution is -0.115. The summed E-state index contributed by atoms with van der Waals surface area (Å²) in [7, 11) is 0. The fraction of sp³-hybridized carbons (Fsp3) is 0.194. The predicted octanol–water partition coefficient (Wildman–Crippen LogP) is 5.69. The Bertz CT molecular complexity index is 1740. The second kappa shape index (κ2) is 10.2. The maximum absolute atomic E-state index is 14.3. The molecule has 8 nitrogen and oxygen atoms in total. The summed E-state index contributed by atoms with van der Waals surface area (Å²) in [6.07, 6.45) is 13.0. The van der Waals surface area contributed by atoms with Gasteiger partial charge in [0.25, 0.3) is 17.7 Å². The number of anilines is 2. The number of aryl methyl sites for hydroxylation is 1. The minimum atomic E-state index is -3.15. The van der Waals surface area contributed by atoms with Crippen LogP contribution in [-0.2, 0) is 17.1 Å². The molecule has 0 bridgehead atoms. The molecular weight excluding hydrogens is 526 g/mol. The van der Waals surface area contributed by atoms with Crippen LogP contribution < -0.4 is 10.2 Å². The topological polar surface area (TPSA) is 92.0 Å². The standard InChI is InChI=1S/C31H26F2N6O2/c1-19-17-38(18-36-19)26-12-22(11-24(13-26)31(2,32)33)29(40)37-25-6-5-20-7-9-39(28(20)14-25)30(41)23-10-21-4-3-8-34-16-27(21)35-15-23/h3-6,8,11-18H,7,9-10H2,1-2H3,(H,37,40). The van der Waals surface area contributed by atoms with Crippen molar-refractivity contribution < 1.29 is 18.4 Å². The third kappa shape index (κ3) is 5.28. The molecule has 4 heterocycles. The minimum Gasteiger partial charge on any atom is -0.322 e. The van der Waals surface area contributed by atoms with Crippen LogP contribution in [0.5, 0.6) is 0 Å². The number of allylic oxidation sites excluding steroid dienone is 3. The summed E-state index contributed by atoms with van der Waals surface area (Å²) in [6.45, 7) is 3.09. The first kappa shape index (κ1) is 26.2. The quantitative estimate of drug-likeness (QED) is 0.441. The second-order valence-corrected chi connectivity index (χ2v) is 10.2. The average Bonchev–Trinajstić information content (AvgIpc) is 3.50. The van der Waals surface area contributed by atoms with E-state index in [4.69, 9.17) is 0 Å². The number of nitrogens with one attached hydrogen (secondary N) is 1. The molecule has 2 amide bonds. The van der Waals surface area contributed by atoms with Crippen LogP contribution in [0.4, 0.5) is 20.2 Å². The molecule has 3 aromatic rings. The van der Waals surface area contributed by atoms with Gasteiger partial charge in [-0.1, -0.05) is 12.1 Å². The van der Waals surface area contributed by atoms with Crippen molar-refractivity contribution in [1.82, 2.24) is 9.55 Å². The van der Waals surface area contributed by atoms with Crippen molar-refractivity contribution in [2.75, 3.05) is 16.8 Å². The number of halogens is 2. The van der Waals surface area contributed by atoms with Gasteiger partial charge in [0, 0.05) is 72.2 Å². The van der Waals surface area contributed by atoms with Gasteiger partial charge in [-0.05, 0) is 60.9 Å². The van der Waals surface area contributed by atoms with Crippen molar-refractivity contribution in [1.29, 1.82) is 0 Å². The summed E-state index contributed by atoms with van der Waals surface area (Å²) < 4.78 is 30.3. The summed E-state index contributed by atoms with van der Waals surface area (Å²) in [6, 6.07) is 9.45. The fourth-order valence-electron chi connectivity index (χ4n) is 5.04. The lowest BCUT2D eigenvalue weighted by Crippen LogP contribution is -2.31. The van der Waals surface area contributed by atoms with Gasteiger partial charge in [0.2, 0.25) is 0 Å². The summed E-state index contributed by atoms with van der Waals surface area (Å²) in [5.74, 6) is -3.85. The maximum atomic E-state index is 14.3. The van der Waals surface area contributed by atoms with Crippen LogP contribution in [0, 0.1) is 6.92 Å². The van der Waals surface area contributed by atoms with E-state index in [2.05, 4.69) is 20.3 Å². The van der Waals surface area contributed by atoms with Gasteiger partial charge < -0.3 is 14.8 Å². The molecule has 0 aliphatic carbocycles. The molecule has 0 saturated carbocycles. The lowest BCUT2D eigenvalue weighted by atomic mass is 9.98. The van der Waals surface area contributed by atoms with Gasteiger partial charge >= 0.3 is 0 Å². The molecule has 6 rings (SSSR count). The van der Waals surface area contributed by atoms with Crippen LogP contribution >= 0.6 is 0 Å². The van der Waals surface area contributed by atoms with Gasteiger partial charge in [0.05, 0.1) is 23.9 Å². The largest absolute Gasteiger partial charge is 0.322 e. The molecule has 3 aliphatic heterocycles. The van der Waals surface area contributed by atoms with E-state index in [-0.39, 0.29) is 17.0 Å². The van der Waals surface area contributed by atoms with E-state index in [1.807, 2.05) is 18.2 Å². The number of rotatable bonds is 5. The zero-order chi connectivity index (χ0) is 28.7. The molecule has 0 fully saturated rings. The highest BCUT2D eigenvalue weighted by atomic mass is 19.3. The number of hydrogen-bond acceptors (Lipinski definition) is 5. The number of benzene rings is 2. The molecule has 1 N–H and O–H groups in total. The molecule has 1 aromatic heterocycles. The minimum absolute atomic E-state index is 0.0779. The highest BCUT2D eigenvalue weighted by Gasteiger charge is 2.30. The number of hydrogen-bond donors (Lipinski definition) is 1. The van der Waals surface area contributed by atoms with E-state index in [0.29, 0.717) is 42.0 Å². The summed E-state index contributed by atoms with van der Waals surface area (Å²) in [5, 5.41) is 2.82. The Morgan fingerprint density at radius 3 is 2.76 bits per heavy atom. The van der Waals surface area contributed by atoms with Crippen LogP contribution in [-0.4, -0.2) is 39.8 Å². The van der Waals surface area contributed by atoms with Crippen molar-refractivity contribution >= 4 is 35.1 Å². The monoisotopic (exact) mass is 552 g/mol. The van der Waals surface area contributed by atoms with E-state index in [1.54, 1.807) is 59.4 Å². The zero-order valence-corrected chi connectivity index (χ0v) is 22.4. The van der Waals surface area contributed by atoms with Gasteiger partial charge in [-0.25, -0.2) is 13.8 Å². The molecule has 0 unspecified atom stereocenters. The third-order valence-corrected chi connectivity index (χ3v) is 7.19. The van der Waals surface area contributed by atoms with E-state index >= 15 is 0 Å². The van der Waals surface area contributed by atoms with Crippen molar-refractivity contribution in [2.24, 2.45) is 9.98 Å². The Labute approximate surface area is 235 Å².